The second kappa shape index (κ2) is 11.0. The molecule has 0 aliphatic heterocycles. The number of halogens is 4. The Kier molecular flexibility index (Phi) is 8.67. The van der Waals surface area contributed by atoms with Crippen LogP contribution in [0.3, 0.4) is 0 Å². The first-order valence-electron chi connectivity index (χ1n) is 9.46. The van der Waals surface area contributed by atoms with Crippen molar-refractivity contribution in [1.82, 2.24) is 10.6 Å². The van der Waals surface area contributed by atoms with Crippen molar-refractivity contribution < 1.29 is 32.2 Å². The molecule has 2 aromatic carbocycles. The molecule has 0 aliphatic carbocycles. The topological polar surface area (TPSA) is 68.8 Å². The number of rotatable bonds is 9. The first-order chi connectivity index (χ1) is 14.6. The first-order valence-corrected chi connectivity index (χ1v) is 9.83. The summed E-state index contributed by atoms with van der Waals surface area (Å²) in [5, 5.41) is 5.86. The van der Waals surface area contributed by atoms with E-state index in [2.05, 4.69) is 15.4 Å². The minimum Gasteiger partial charge on any atom is -0.493 e. The molecular formula is C21H24ClF3N2O4. The van der Waals surface area contributed by atoms with Crippen molar-refractivity contribution >= 4 is 17.6 Å². The van der Waals surface area contributed by atoms with Crippen LogP contribution in [0.2, 0.25) is 5.02 Å². The molecule has 2 rings (SSSR count). The van der Waals surface area contributed by atoms with Crippen molar-refractivity contribution in [2.24, 2.45) is 0 Å². The van der Waals surface area contributed by atoms with Gasteiger partial charge in [-0.3, -0.25) is 0 Å². The Morgan fingerprint density at radius 1 is 1.16 bits per heavy atom. The number of nitrogens with one attached hydrogen (secondary N) is 2. The minimum atomic E-state index is -4.40. The Labute approximate surface area is 183 Å². The Bertz CT molecular complexity index is 876. The molecule has 0 bridgehead atoms. The molecule has 0 saturated heterocycles. The molecule has 31 heavy (non-hydrogen) atoms. The number of hydrogen-bond donors (Lipinski definition) is 2. The molecular weight excluding hydrogens is 437 g/mol. The molecule has 1 unspecified atom stereocenters. The Balaban J connectivity index is 1.90. The highest BCUT2D eigenvalue weighted by atomic mass is 35.5. The molecule has 0 heterocycles. The summed E-state index contributed by atoms with van der Waals surface area (Å²) >= 11 is 6.23. The van der Waals surface area contributed by atoms with Crippen LogP contribution < -0.4 is 24.8 Å². The fourth-order valence-electron chi connectivity index (χ4n) is 2.69. The minimum absolute atomic E-state index is 0.0963. The second-order valence-corrected chi connectivity index (χ2v) is 6.97. The van der Waals surface area contributed by atoms with Crippen LogP contribution in [0, 0.1) is 0 Å². The van der Waals surface area contributed by atoms with E-state index in [0.29, 0.717) is 28.7 Å². The van der Waals surface area contributed by atoms with Crippen molar-refractivity contribution in [3.05, 3.63) is 52.5 Å². The highest BCUT2D eigenvalue weighted by molar-refractivity contribution is 6.32. The molecule has 6 nitrogen and oxygen atoms in total. The molecule has 0 radical (unpaired) electrons. The van der Waals surface area contributed by atoms with Crippen molar-refractivity contribution in [2.75, 3.05) is 20.3 Å². The van der Waals surface area contributed by atoms with Crippen LogP contribution in [0.1, 0.15) is 31.0 Å². The monoisotopic (exact) mass is 460 g/mol. The van der Waals surface area contributed by atoms with Gasteiger partial charge in [-0.25, -0.2) is 4.79 Å². The Morgan fingerprint density at radius 3 is 2.42 bits per heavy atom. The number of benzene rings is 2. The zero-order valence-electron chi connectivity index (χ0n) is 17.3. The quantitative estimate of drug-likeness (QED) is 0.536. The third-order valence-corrected chi connectivity index (χ3v) is 4.44. The van der Waals surface area contributed by atoms with E-state index in [1.165, 1.54) is 19.2 Å². The zero-order chi connectivity index (χ0) is 23.0. The van der Waals surface area contributed by atoms with Crippen molar-refractivity contribution in [3.8, 4) is 17.2 Å². The maximum Gasteiger partial charge on any atom is 0.422 e. The highest BCUT2D eigenvalue weighted by Gasteiger charge is 2.28. The van der Waals surface area contributed by atoms with E-state index in [1.54, 1.807) is 31.2 Å². The SMILES string of the molecule is CCOc1c(Cl)cc(CNC(=O)NC(C)c2ccc(OCC(F)(F)F)cc2)cc1OC. The summed E-state index contributed by atoms with van der Waals surface area (Å²) in [7, 11) is 1.50. The molecule has 2 aromatic rings. The van der Waals surface area contributed by atoms with Gasteiger partial charge in [-0.2, -0.15) is 13.2 Å². The summed E-state index contributed by atoms with van der Waals surface area (Å²) < 4.78 is 52.0. The summed E-state index contributed by atoms with van der Waals surface area (Å²) in [6.45, 7) is 2.86. The lowest BCUT2D eigenvalue weighted by Gasteiger charge is -2.17. The second-order valence-electron chi connectivity index (χ2n) is 6.56. The van der Waals surface area contributed by atoms with Crippen LogP contribution >= 0.6 is 11.6 Å². The predicted octanol–water partition coefficient (Wildman–Crippen LogP) is 5.25. The number of carbonyl (C=O) groups is 1. The van der Waals surface area contributed by atoms with Gasteiger partial charge in [0.15, 0.2) is 18.1 Å². The molecule has 10 heteroatoms. The lowest BCUT2D eigenvalue weighted by Crippen LogP contribution is -2.36. The van der Waals surface area contributed by atoms with E-state index in [1.807, 2.05) is 6.92 Å². The largest absolute Gasteiger partial charge is 0.493 e. The lowest BCUT2D eigenvalue weighted by molar-refractivity contribution is -0.153. The summed E-state index contributed by atoms with van der Waals surface area (Å²) in [5.74, 6) is 1.00. The number of alkyl halides is 3. The number of ether oxygens (including phenoxy) is 3. The van der Waals surface area contributed by atoms with Crippen LogP contribution in [0.5, 0.6) is 17.2 Å². The first kappa shape index (κ1) is 24.5. The zero-order valence-corrected chi connectivity index (χ0v) is 18.1. The fraction of sp³-hybridized carbons (Fsp3) is 0.381. The van der Waals surface area contributed by atoms with Crippen molar-refractivity contribution in [2.45, 2.75) is 32.6 Å². The van der Waals surface area contributed by atoms with Gasteiger partial charge in [0.25, 0.3) is 0 Å². The van der Waals surface area contributed by atoms with Gasteiger partial charge in [0.1, 0.15) is 5.75 Å². The molecule has 170 valence electrons. The van der Waals surface area contributed by atoms with Crippen LogP contribution in [-0.4, -0.2) is 32.5 Å². The average Bonchev–Trinajstić information content (AvgIpc) is 2.72. The number of carbonyl (C=O) groups excluding carboxylic acids is 1. The Morgan fingerprint density at radius 2 is 1.84 bits per heavy atom. The average molecular weight is 461 g/mol. The van der Waals surface area contributed by atoms with Gasteiger partial charge in [-0.1, -0.05) is 23.7 Å². The van der Waals surface area contributed by atoms with Gasteiger partial charge < -0.3 is 24.8 Å². The molecule has 2 N–H and O–H groups in total. The van der Waals surface area contributed by atoms with E-state index in [9.17, 15) is 18.0 Å². The molecule has 0 fully saturated rings. The molecule has 1 atom stereocenters. The smallest absolute Gasteiger partial charge is 0.422 e. The molecule has 0 aliphatic rings. The van der Waals surface area contributed by atoms with E-state index in [0.717, 1.165) is 5.56 Å². The van der Waals surface area contributed by atoms with Gasteiger partial charge in [0.05, 0.1) is 24.8 Å². The van der Waals surface area contributed by atoms with Gasteiger partial charge in [-0.05, 0) is 49.2 Å². The number of urea groups is 1. The standard InChI is InChI=1S/C21H24ClF3N2O4/c1-4-30-19-17(22)9-14(10-18(19)29-3)11-26-20(28)27-13(2)15-5-7-16(8-6-15)31-12-21(23,24)25/h5-10,13H,4,11-12H2,1-3H3,(H2,26,27,28). The summed E-state index contributed by atoms with van der Waals surface area (Å²) in [6.07, 6.45) is -4.40. The van der Waals surface area contributed by atoms with Crippen LogP contribution in [0.25, 0.3) is 0 Å². The molecule has 2 amide bonds. The van der Waals surface area contributed by atoms with Crippen LogP contribution in [0.15, 0.2) is 36.4 Å². The summed E-state index contributed by atoms with van der Waals surface area (Å²) in [4.78, 5) is 12.2. The van der Waals surface area contributed by atoms with E-state index >= 15 is 0 Å². The third kappa shape index (κ3) is 7.75. The summed E-state index contributed by atoms with van der Waals surface area (Å²) in [5.41, 5.74) is 1.43. The predicted molar refractivity (Wildman–Crippen MR) is 111 cm³/mol. The normalized spacial score (nSPS) is 12.1. The highest BCUT2D eigenvalue weighted by Crippen LogP contribution is 2.36. The number of amides is 2. The van der Waals surface area contributed by atoms with Gasteiger partial charge in [-0.15, -0.1) is 0 Å². The maximum absolute atomic E-state index is 12.2. The third-order valence-electron chi connectivity index (χ3n) is 4.16. The fourth-order valence-corrected chi connectivity index (χ4v) is 2.98. The lowest BCUT2D eigenvalue weighted by atomic mass is 10.1. The van der Waals surface area contributed by atoms with Crippen molar-refractivity contribution in [3.63, 3.8) is 0 Å². The number of hydrogen-bond acceptors (Lipinski definition) is 4. The Hall–Kier alpha value is -2.81. The van der Waals surface area contributed by atoms with Gasteiger partial charge >= 0.3 is 12.2 Å². The van der Waals surface area contributed by atoms with Gasteiger partial charge in [0.2, 0.25) is 0 Å². The molecule has 0 aromatic heterocycles. The summed E-state index contributed by atoms with van der Waals surface area (Å²) in [6, 6.07) is 8.63. The van der Waals surface area contributed by atoms with Gasteiger partial charge in [0, 0.05) is 6.54 Å². The van der Waals surface area contributed by atoms with Crippen molar-refractivity contribution in [1.29, 1.82) is 0 Å². The van der Waals surface area contributed by atoms with E-state index in [4.69, 9.17) is 21.1 Å². The molecule has 0 spiro atoms. The number of methoxy groups -OCH3 is 1. The van der Waals surface area contributed by atoms with E-state index < -0.39 is 18.8 Å². The van der Waals surface area contributed by atoms with Crippen LogP contribution in [-0.2, 0) is 6.54 Å². The maximum atomic E-state index is 12.2. The van der Waals surface area contributed by atoms with E-state index in [-0.39, 0.29) is 18.3 Å². The molecule has 0 saturated carbocycles. The van der Waals surface area contributed by atoms with Crippen LogP contribution in [0.4, 0.5) is 18.0 Å².